The van der Waals surface area contributed by atoms with Gasteiger partial charge in [0.2, 0.25) is 5.95 Å². The number of methoxy groups -OCH3 is 2. The van der Waals surface area contributed by atoms with Crippen LogP contribution in [-0.4, -0.2) is 35.1 Å². The third kappa shape index (κ3) is 4.69. The monoisotopic (exact) mass is 365 g/mol. The molecule has 2 heterocycles. The van der Waals surface area contributed by atoms with Gasteiger partial charge in [0, 0.05) is 18.5 Å². The summed E-state index contributed by atoms with van der Waals surface area (Å²) in [6.45, 7) is 0.316. The van der Waals surface area contributed by atoms with Crippen molar-refractivity contribution < 1.29 is 14.3 Å². The van der Waals surface area contributed by atoms with Crippen LogP contribution in [0.2, 0.25) is 0 Å². The van der Waals surface area contributed by atoms with Crippen molar-refractivity contribution >= 4 is 17.5 Å². The number of ether oxygens (including phenoxy) is 2. The maximum atomic E-state index is 12.3. The summed E-state index contributed by atoms with van der Waals surface area (Å²) in [6, 6.07) is 12.4. The molecule has 27 heavy (non-hydrogen) atoms. The second-order valence-electron chi connectivity index (χ2n) is 5.46. The summed E-state index contributed by atoms with van der Waals surface area (Å²) in [4.78, 5) is 24.9. The van der Waals surface area contributed by atoms with E-state index in [0.29, 0.717) is 23.7 Å². The van der Waals surface area contributed by atoms with Crippen LogP contribution in [0.1, 0.15) is 16.2 Å². The fourth-order valence-corrected chi connectivity index (χ4v) is 2.34. The van der Waals surface area contributed by atoms with E-state index < -0.39 is 0 Å². The van der Waals surface area contributed by atoms with Crippen LogP contribution in [0.25, 0.3) is 0 Å². The van der Waals surface area contributed by atoms with Gasteiger partial charge in [-0.05, 0) is 30.3 Å². The van der Waals surface area contributed by atoms with Crippen molar-refractivity contribution in [1.82, 2.24) is 20.3 Å². The molecule has 3 aromatic rings. The Kier molecular flexibility index (Phi) is 5.78. The maximum absolute atomic E-state index is 12.3. The average Bonchev–Trinajstić information content (AvgIpc) is 2.73. The molecule has 2 aromatic heterocycles. The molecule has 8 nitrogen and oxygen atoms in total. The van der Waals surface area contributed by atoms with Gasteiger partial charge in [0.25, 0.3) is 5.91 Å². The molecule has 0 aliphatic heterocycles. The Morgan fingerprint density at radius 1 is 1.04 bits per heavy atom. The zero-order chi connectivity index (χ0) is 19.1. The predicted molar refractivity (Wildman–Crippen MR) is 100 cm³/mol. The highest BCUT2D eigenvalue weighted by Crippen LogP contribution is 2.30. The molecule has 0 saturated heterocycles. The van der Waals surface area contributed by atoms with Gasteiger partial charge in [-0.1, -0.05) is 6.07 Å². The molecule has 3 rings (SSSR count). The summed E-state index contributed by atoms with van der Waals surface area (Å²) in [6.07, 6.45) is 3.19. The molecule has 0 unspecified atom stereocenters. The van der Waals surface area contributed by atoms with E-state index in [4.69, 9.17) is 9.47 Å². The van der Waals surface area contributed by atoms with Gasteiger partial charge in [-0.15, -0.1) is 0 Å². The molecular formula is C19H19N5O3. The van der Waals surface area contributed by atoms with E-state index in [1.54, 1.807) is 44.7 Å². The van der Waals surface area contributed by atoms with Gasteiger partial charge in [-0.25, -0.2) is 9.97 Å². The fraction of sp³-hybridized carbons (Fsp3) is 0.158. The van der Waals surface area contributed by atoms with E-state index >= 15 is 0 Å². The van der Waals surface area contributed by atoms with Crippen LogP contribution in [0, 0.1) is 0 Å². The number of benzene rings is 1. The first kappa shape index (κ1) is 18.1. The Morgan fingerprint density at radius 3 is 2.67 bits per heavy atom. The first-order valence-corrected chi connectivity index (χ1v) is 8.20. The lowest BCUT2D eigenvalue weighted by molar-refractivity contribution is 0.0945. The summed E-state index contributed by atoms with van der Waals surface area (Å²) in [5.74, 6) is 1.21. The Labute approximate surface area is 156 Å². The van der Waals surface area contributed by atoms with Gasteiger partial charge >= 0.3 is 0 Å². The molecule has 0 saturated carbocycles. The van der Waals surface area contributed by atoms with Crippen molar-refractivity contribution in [2.24, 2.45) is 0 Å². The molecule has 2 N–H and O–H groups in total. The quantitative estimate of drug-likeness (QED) is 0.664. The number of amides is 1. The zero-order valence-electron chi connectivity index (χ0n) is 15.0. The number of aromatic nitrogens is 3. The van der Waals surface area contributed by atoms with Crippen molar-refractivity contribution in [3.8, 4) is 11.5 Å². The molecule has 0 aliphatic rings. The van der Waals surface area contributed by atoms with E-state index in [9.17, 15) is 4.79 Å². The van der Waals surface area contributed by atoms with E-state index in [-0.39, 0.29) is 17.5 Å². The number of nitrogens with zero attached hydrogens (tertiary/aromatic N) is 3. The number of carbonyl (C=O) groups excluding carboxylic acids is 1. The molecule has 0 spiro atoms. The van der Waals surface area contributed by atoms with E-state index in [0.717, 1.165) is 5.69 Å². The zero-order valence-corrected chi connectivity index (χ0v) is 15.0. The number of carbonyl (C=O) groups is 1. The standard InChI is InChI=1S/C19H19N5O3/c1-26-14-6-7-17(27-2)16(11-14)24-19-21-10-8-15(23-19)18(25)22-12-13-5-3-4-9-20-13/h3-11H,12H2,1-2H3,(H,22,25)(H,21,23,24). The number of hydrogen-bond acceptors (Lipinski definition) is 7. The minimum atomic E-state index is -0.316. The van der Waals surface area contributed by atoms with Gasteiger partial charge in [0.05, 0.1) is 32.1 Å². The number of pyridine rings is 1. The van der Waals surface area contributed by atoms with E-state index in [2.05, 4.69) is 25.6 Å². The van der Waals surface area contributed by atoms with Crippen molar-refractivity contribution in [3.05, 3.63) is 66.2 Å². The number of nitrogens with one attached hydrogen (secondary N) is 2. The summed E-state index contributed by atoms with van der Waals surface area (Å²) in [7, 11) is 3.14. The Morgan fingerprint density at radius 2 is 1.93 bits per heavy atom. The minimum Gasteiger partial charge on any atom is -0.497 e. The van der Waals surface area contributed by atoms with Gasteiger partial charge in [0.1, 0.15) is 17.2 Å². The van der Waals surface area contributed by atoms with E-state index in [1.165, 1.54) is 6.20 Å². The van der Waals surface area contributed by atoms with Crippen LogP contribution in [0.4, 0.5) is 11.6 Å². The molecular weight excluding hydrogens is 346 g/mol. The van der Waals surface area contributed by atoms with Crippen LogP contribution >= 0.6 is 0 Å². The van der Waals surface area contributed by atoms with Crippen molar-refractivity contribution in [2.75, 3.05) is 19.5 Å². The van der Waals surface area contributed by atoms with Gasteiger partial charge in [-0.3, -0.25) is 9.78 Å². The normalized spacial score (nSPS) is 10.1. The van der Waals surface area contributed by atoms with Crippen LogP contribution in [0.3, 0.4) is 0 Å². The van der Waals surface area contributed by atoms with Crippen molar-refractivity contribution in [1.29, 1.82) is 0 Å². The Bertz CT molecular complexity index is 918. The number of rotatable bonds is 7. The second-order valence-corrected chi connectivity index (χ2v) is 5.46. The van der Waals surface area contributed by atoms with Crippen LogP contribution in [-0.2, 0) is 6.54 Å². The lowest BCUT2D eigenvalue weighted by atomic mass is 10.2. The topological polar surface area (TPSA) is 98.3 Å². The van der Waals surface area contributed by atoms with E-state index in [1.807, 2.05) is 18.2 Å². The van der Waals surface area contributed by atoms with Crippen molar-refractivity contribution in [3.63, 3.8) is 0 Å². The van der Waals surface area contributed by atoms with Crippen LogP contribution in [0.5, 0.6) is 11.5 Å². The van der Waals surface area contributed by atoms with Crippen molar-refractivity contribution in [2.45, 2.75) is 6.54 Å². The molecule has 0 radical (unpaired) electrons. The Balaban J connectivity index is 1.73. The minimum absolute atomic E-state index is 0.241. The maximum Gasteiger partial charge on any atom is 0.270 e. The number of hydrogen-bond donors (Lipinski definition) is 2. The first-order valence-electron chi connectivity index (χ1n) is 8.20. The fourth-order valence-electron chi connectivity index (χ4n) is 2.34. The summed E-state index contributed by atoms with van der Waals surface area (Å²) in [5, 5.41) is 5.83. The third-order valence-corrected chi connectivity index (χ3v) is 3.70. The smallest absolute Gasteiger partial charge is 0.270 e. The third-order valence-electron chi connectivity index (χ3n) is 3.70. The van der Waals surface area contributed by atoms with Gasteiger partial charge in [0.15, 0.2) is 0 Å². The first-order chi connectivity index (χ1) is 13.2. The SMILES string of the molecule is COc1ccc(OC)c(Nc2nccc(C(=O)NCc3ccccn3)n2)c1. The van der Waals surface area contributed by atoms with Gasteiger partial charge in [-0.2, -0.15) is 0 Å². The second kappa shape index (κ2) is 8.61. The lowest BCUT2D eigenvalue weighted by Crippen LogP contribution is -2.24. The number of anilines is 2. The largest absolute Gasteiger partial charge is 0.497 e. The molecule has 138 valence electrons. The summed E-state index contributed by atoms with van der Waals surface area (Å²) >= 11 is 0. The highest BCUT2D eigenvalue weighted by Gasteiger charge is 2.11. The highest BCUT2D eigenvalue weighted by molar-refractivity contribution is 5.92. The molecule has 0 fully saturated rings. The molecule has 8 heteroatoms. The Hall–Kier alpha value is -3.68. The molecule has 1 aromatic carbocycles. The average molecular weight is 365 g/mol. The summed E-state index contributed by atoms with van der Waals surface area (Å²) < 4.78 is 10.5. The van der Waals surface area contributed by atoms with Gasteiger partial charge < -0.3 is 20.1 Å². The van der Waals surface area contributed by atoms with Crippen LogP contribution in [0.15, 0.2) is 54.9 Å². The molecule has 0 aliphatic carbocycles. The van der Waals surface area contributed by atoms with Crippen LogP contribution < -0.4 is 20.1 Å². The lowest BCUT2D eigenvalue weighted by Gasteiger charge is -2.12. The predicted octanol–water partition coefficient (Wildman–Crippen LogP) is 2.56. The highest BCUT2D eigenvalue weighted by atomic mass is 16.5. The molecule has 1 amide bonds. The summed E-state index contributed by atoms with van der Waals surface area (Å²) in [5.41, 5.74) is 1.63. The molecule has 0 atom stereocenters. The molecule has 0 bridgehead atoms.